The van der Waals surface area contributed by atoms with E-state index in [1.165, 1.54) is 12.1 Å². The summed E-state index contributed by atoms with van der Waals surface area (Å²) in [5.74, 6) is -0.804. The van der Waals surface area contributed by atoms with Crippen LogP contribution in [-0.4, -0.2) is 23.5 Å². The highest BCUT2D eigenvalue weighted by Crippen LogP contribution is 2.23. The Bertz CT molecular complexity index is 685. The topological polar surface area (TPSA) is 87.7 Å². The number of carbonyl (C=O) groups is 2. The number of ether oxygens (including phenoxy) is 1. The molecule has 0 radical (unpaired) electrons. The third kappa shape index (κ3) is 3.99. The lowest BCUT2D eigenvalue weighted by Gasteiger charge is -2.10. The van der Waals surface area contributed by atoms with E-state index in [1.807, 2.05) is 6.07 Å². The lowest BCUT2D eigenvalue weighted by Crippen LogP contribution is -2.44. The second-order valence-electron chi connectivity index (χ2n) is 4.57. The van der Waals surface area contributed by atoms with Gasteiger partial charge < -0.3 is 9.84 Å². The molecule has 0 atom stereocenters. The van der Waals surface area contributed by atoms with Gasteiger partial charge in [0.1, 0.15) is 0 Å². The number of hydrogen-bond acceptors (Lipinski definition) is 4. The molecule has 2 aromatic rings. The molecular formula is C16H16N2O4. The average molecular weight is 300 g/mol. The normalized spacial score (nSPS) is 9.86. The van der Waals surface area contributed by atoms with Gasteiger partial charge >= 0.3 is 0 Å². The number of amides is 2. The van der Waals surface area contributed by atoms with E-state index in [0.29, 0.717) is 5.56 Å². The molecule has 6 nitrogen and oxygen atoms in total. The first-order valence-corrected chi connectivity index (χ1v) is 6.63. The second kappa shape index (κ2) is 7.12. The van der Waals surface area contributed by atoms with E-state index in [2.05, 4.69) is 10.9 Å². The predicted octanol–water partition coefficient (Wildman–Crippen LogP) is 1.54. The lowest BCUT2D eigenvalue weighted by atomic mass is 10.1. The van der Waals surface area contributed by atoms with Crippen molar-refractivity contribution in [1.82, 2.24) is 10.9 Å². The number of rotatable bonds is 4. The van der Waals surface area contributed by atoms with Crippen LogP contribution in [0.15, 0.2) is 48.5 Å². The molecule has 0 aliphatic rings. The average Bonchev–Trinajstić information content (AvgIpc) is 2.52. The van der Waals surface area contributed by atoms with Crippen LogP contribution in [0.4, 0.5) is 0 Å². The van der Waals surface area contributed by atoms with Crippen LogP contribution in [0.1, 0.15) is 15.9 Å². The van der Waals surface area contributed by atoms with Gasteiger partial charge in [-0.2, -0.15) is 0 Å². The van der Waals surface area contributed by atoms with Crippen molar-refractivity contribution in [3.8, 4) is 11.5 Å². The third-order valence-electron chi connectivity index (χ3n) is 2.93. The van der Waals surface area contributed by atoms with Gasteiger partial charge in [0.2, 0.25) is 0 Å². The van der Waals surface area contributed by atoms with E-state index in [1.54, 1.807) is 37.3 Å². The van der Waals surface area contributed by atoms with Crippen molar-refractivity contribution in [2.24, 2.45) is 0 Å². The minimum absolute atomic E-state index is 0.0563. The van der Waals surface area contributed by atoms with Gasteiger partial charge in [0.25, 0.3) is 11.8 Å². The number of carbonyl (C=O) groups excluding carboxylic acids is 2. The number of para-hydroxylation sites is 2. The van der Waals surface area contributed by atoms with E-state index >= 15 is 0 Å². The number of hydrazine groups is 1. The van der Waals surface area contributed by atoms with Crippen LogP contribution in [0.25, 0.3) is 0 Å². The van der Waals surface area contributed by atoms with E-state index < -0.39 is 11.8 Å². The van der Waals surface area contributed by atoms with E-state index in [4.69, 9.17) is 4.74 Å². The molecule has 6 heteroatoms. The standard InChI is InChI=1S/C16H16N2O4/c1-11-6-2-3-7-12(11)16(21)18-17-15(20)10-22-14-9-5-4-8-13(14)19/h2-9,19H,10H2,1H3,(H,17,20)(H,18,21). The maximum absolute atomic E-state index is 11.9. The molecule has 0 aromatic heterocycles. The summed E-state index contributed by atoms with van der Waals surface area (Å²) in [4.78, 5) is 23.5. The first-order valence-electron chi connectivity index (χ1n) is 6.63. The molecule has 0 unspecified atom stereocenters. The summed E-state index contributed by atoms with van der Waals surface area (Å²) in [6.45, 7) is 1.48. The van der Waals surface area contributed by atoms with Gasteiger partial charge in [-0.15, -0.1) is 0 Å². The SMILES string of the molecule is Cc1ccccc1C(=O)NNC(=O)COc1ccccc1O. The number of aromatic hydroxyl groups is 1. The van der Waals surface area contributed by atoms with Crippen LogP contribution < -0.4 is 15.6 Å². The largest absolute Gasteiger partial charge is 0.504 e. The zero-order valence-corrected chi connectivity index (χ0v) is 12.0. The Morgan fingerprint density at radius 2 is 1.73 bits per heavy atom. The number of hydrogen-bond donors (Lipinski definition) is 3. The van der Waals surface area contributed by atoms with Crippen LogP contribution in [0.3, 0.4) is 0 Å². The molecule has 0 spiro atoms. The zero-order valence-electron chi connectivity index (χ0n) is 12.0. The van der Waals surface area contributed by atoms with Gasteiger partial charge in [-0.1, -0.05) is 30.3 Å². The van der Waals surface area contributed by atoms with Crippen molar-refractivity contribution in [2.75, 3.05) is 6.61 Å². The fourth-order valence-corrected chi connectivity index (χ4v) is 1.78. The lowest BCUT2D eigenvalue weighted by molar-refractivity contribution is -0.123. The zero-order chi connectivity index (χ0) is 15.9. The molecule has 0 fully saturated rings. The number of nitrogens with one attached hydrogen (secondary N) is 2. The highest BCUT2D eigenvalue weighted by Gasteiger charge is 2.10. The Balaban J connectivity index is 1.82. The van der Waals surface area contributed by atoms with Crippen molar-refractivity contribution in [3.63, 3.8) is 0 Å². The first-order chi connectivity index (χ1) is 10.6. The van der Waals surface area contributed by atoms with Gasteiger partial charge in [0.05, 0.1) is 0 Å². The molecule has 114 valence electrons. The summed E-state index contributed by atoms with van der Waals surface area (Å²) in [7, 11) is 0. The fraction of sp³-hybridized carbons (Fsp3) is 0.125. The van der Waals surface area contributed by atoms with Crippen LogP contribution >= 0.6 is 0 Å². The van der Waals surface area contributed by atoms with Crippen molar-refractivity contribution in [1.29, 1.82) is 0 Å². The summed E-state index contributed by atoms with van der Waals surface area (Å²) in [5.41, 5.74) is 5.84. The molecule has 0 bridgehead atoms. The number of phenolic OH excluding ortho intramolecular Hbond substituents is 1. The highest BCUT2D eigenvalue weighted by molar-refractivity contribution is 5.96. The van der Waals surface area contributed by atoms with Gasteiger partial charge in [-0.3, -0.25) is 20.4 Å². The minimum atomic E-state index is -0.537. The first kappa shape index (κ1) is 15.4. The summed E-state index contributed by atoms with van der Waals surface area (Å²) < 4.78 is 5.15. The fourth-order valence-electron chi connectivity index (χ4n) is 1.78. The molecule has 0 saturated heterocycles. The van der Waals surface area contributed by atoms with Crippen LogP contribution in [0.5, 0.6) is 11.5 Å². The quantitative estimate of drug-likeness (QED) is 0.747. The molecule has 0 aliphatic carbocycles. The van der Waals surface area contributed by atoms with Crippen molar-refractivity contribution >= 4 is 11.8 Å². The van der Waals surface area contributed by atoms with Crippen molar-refractivity contribution in [2.45, 2.75) is 6.92 Å². The van der Waals surface area contributed by atoms with Crippen molar-refractivity contribution < 1.29 is 19.4 Å². The maximum Gasteiger partial charge on any atom is 0.276 e. The molecular weight excluding hydrogens is 284 g/mol. The molecule has 22 heavy (non-hydrogen) atoms. The van der Waals surface area contributed by atoms with Gasteiger partial charge in [0, 0.05) is 5.56 Å². The minimum Gasteiger partial charge on any atom is -0.504 e. The number of phenols is 1. The highest BCUT2D eigenvalue weighted by atomic mass is 16.5. The van der Waals surface area contributed by atoms with Crippen LogP contribution in [0.2, 0.25) is 0 Å². The van der Waals surface area contributed by atoms with E-state index in [-0.39, 0.29) is 18.1 Å². The molecule has 0 saturated carbocycles. The Morgan fingerprint density at radius 3 is 2.45 bits per heavy atom. The Labute approximate surface area is 127 Å². The monoisotopic (exact) mass is 300 g/mol. The smallest absolute Gasteiger partial charge is 0.276 e. The molecule has 0 heterocycles. The second-order valence-corrected chi connectivity index (χ2v) is 4.57. The van der Waals surface area contributed by atoms with Crippen LogP contribution in [-0.2, 0) is 4.79 Å². The predicted molar refractivity (Wildman–Crippen MR) is 80.4 cm³/mol. The van der Waals surface area contributed by atoms with Gasteiger partial charge in [0.15, 0.2) is 18.1 Å². The number of benzene rings is 2. The Morgan fingerprint density at radius 1 is 1.05 bits per heavy atom. The molecule has 3 N–H and O–H groups in total. The molecule has 2 aromatic carbocycles. The Hall–Kier alpha value is -3.02. The van der Waals surface area contributed by atoms with Gasteiger partial charge in [-0.25, -0.2) is 0 Å². The molecule has 0 aliphatic heterocycles. The molecule has 2 amide bonds. The van der Waals surface area contributed by atoms with Gasteiger partial charge in [-0.05, 0) is 30.7 Å². The Kier molecular flexibility index (Phi) is 4.98. The summed E-state index contributed by atoms with van der Waals surface area (Å²) >= 11 is 0. The maximum atomic E-state index is 11.9. The van der Waals surface area contributed by atoms with E-state index in [0.717, 1.165) is 5.56 Å². The summed E-state index contributed by atoms with van der Waals surface area (Å²) in [5, 5.41) is 9.49. The summed E-state index contributed by atoms with van der Waals surface area (Å²) in [6, 6.07) is 13.3. The van der Waals surface area contributed by atoms with Crippen LogP contribution in [0, 0.1) is 6.92 Å². The third-order valence-corrected chi connectivity index (χ3v) is 2.93. The van der Waals surface area contributed by atoms with E-state index in [9.17, 15) is 14.7 Å². The number of aryl methyl sites for hydroxylation is 1. The van der Waals surface area contributed by atoms with Crippen molar-refractivity contribution in [3.05, 3.63) is 59.7 Å². The molecule has 2 rings (SSSR count). The summed E-state index contributed by atoms with van der Waals surface area (Å²) in [6.07, 6.45) is 0.